The van der Waals surface area contributed by atoms with Gasteiger partial charge in [0, 0.05) is 33.6 Å². The number of aromatic nitrogens is 1. The van der Waals surface area contributed by atoms with Crippen LogP contribution in [-0.2, 0) is 17.6 Å². The molecule has 1 heterocycles. The Bertz CT molecular complexity index is 891. The maximum absolute atomic E-state index is 12.2. The van der Waals surface area contributed by atoms with E-state index in [1.54, 1.807) is 18.2 Å². The van der Waals surface area contributed by atoms with E-state index in [1.807, 2.05) is 6.07 Å². The third-order valence-corrected chi connectivity index (χ3v) is 5.86. The van der Waals surface area contributed by atoms with E-state index in [0.717, 1.165) is 25.0 Å². The number of aryl methyl sites for hydroxylation is 1. The van der Waals surface area contributed by atoms with Crippen LogP contribution in [0.15, 0.2) is 29.3 Å². The number of anilines is 1. The molecular weight excluding hydrogens is 401 g/mol. The number of carbonyl (C=O) groups excluding carboxylic acids is 1. The van der Waals surface area contributed by atoms with Gasteiger partial charge in [0.1, 0.15) is 11.1 Å². The maximum atomic E-state index is 12.2. The monoisotopic (exact) mass is 419 g/mol. The molecule has 140 valence electrons. The summed E-state index contributed by atoms with van der Waals surface area (Å²) in [6.07, 6.45) is 3.36. The van der Waals surface area contributed by atoms with Crippen LogP contribution in [0.25, 0.3) is 0 Å². The number of rotatable bonds is 5. The molecule has 0 saturated carbocycles. The van der Waals surface area contributed by atoms with Gasteiger partial charge in [0.25, 0.3) is 0 Å². The molecule has 1 aliphatic rings. The van der Waals surface area contributed by atoms with Crippen molar-refractivity contribution >= 4 is 46.6 Å². The number of nitrogens with zero attached hydrogens (tertiary/aromatic N) is 2. The highest BCUT2D eigenvalue weighted by molar-refractivity contribution is 7.99. The third-order valence-electron chi connectivity index (χ3n) is 4.43. The number of halogens is 2. The van der Waals surface area contributed by atoms with E-state index >= 15 is 0 Å². The van der Waals surface area contributed by atoms with Gasteiger partial charge in [-0.3, -0.25) is 4.79 Å². The minimum Gasteiger partial charge on any atom is -0.326 e. The molecule has 1 N–H and O–H groups in total. The molecule has 0 saturated heterocycles. The summed E-state index contributed by atoms with van der Waals surface area (Å²) in [5.41, 5.74) is 3.44. The molecule has 1 aromatic heterocycles. The lowest BCUT2D eigenvalue weighted by molar-refractivity contribution is -0.115. The van der Waals surface area contributed by atoms with Crippen molar-refractivity contribution < 1.29 is 4.79 Å². The summed E-state index contributed by atoms with van der Waals surface area (Å²) < 4.78 is 0. The second kappa shape index (κ2) is 8.97. The Hall–Kier alpha value is -1.74. The lowest BCUT2D eigenvalue weighted by Gasteiger charge is -2.21. The van der Waals surface area contributed by atoms with Gasteiger partial charge in [0.05, 0.1) is 5.56 Å². The van der Waals surface area contributed by atoms with Crippen molar-refractivity contribution in [3.05, 3.63) is 51.1 Å². The molecule has 4 nitrogen and oxygen atoms in total. The molecule has 0 aliphatic heterocycles. The molecule has 1 aromatic carbocycles. The summed E-state index contributed by atoms with van der Waals surface area (Å²) in [6.45, 7) is 2.23. The molecule has 7 heteroatoms. The zero-order chi connectivity index (χ0) is 19.4. The Labute approximate surface area is 173 Å². The summed E-state index contributed by atoms with van der Waals surface area (Å²) in [7, 11) is 0. The number of pyridine rings is 1. The summed E-state index contributed by atoms with van der Waals surface area (Å²) in [5, 5.41) is 13.9. The molecule has 1 amide bonds. The number of hydrogen-bond acceptors (Lipinski definition) is 4. The Morgan fingerprint density at radius 3 is 2.78 bits per heavy atom. The Kier molecular flexibility index (Phi) is 6.64. The van der Waals surface area contributed by atoms with E-state index in [4.69, 9.17) is 28.2 Å². The van der Waals surface area contributed by atoms with Gasteiger partial charge in [-0.1, -0.05) is 30.1 Å². The van der Waals surface area contributed by atoms with E-state index in [0.29, 0.717) is 44.4 Å². The predicted octanol–water partition coefficient (Wildman–Crippen LogP) is 5.51. The van der Waals surface area contributed by atoms with Crippen molar-refractivity contribution in [2.45, 2.75) is 37.6 Å². The Morgan fingerprint density at radius 1 is 1.33 bits per heavy atom. The van der Waals surface area contributed by atoms with Crippen molar-refractivity contribution in [1.82, 2.24) is 4.98 Å². The largest absolute Gasteiger partial charge is 0.326 e. The normalized spacial score (nSPS) is 15.7. The highest BCUT2D eigenvalue weighted by Crippen LogP contribution is 2.30. The molecule has 27 heavy (non-hydrogen) atoms. The average Bonchev–Trinajstić information content (AvgIpc) is 2.60. The van der Waals surface area contributed by atoms with Crippen LogP contribution in [0.5, 0.6) is 0 Å². The van der Waals surface area contributed by atoms with Crippen LogP contribution in [0, 0.1) is 17.2 Å². The van der Waals surface area contributed by atoms with Crippen LogP contribution >= 0.6 is 35.0 Å². The fourth-order valence-electron chi connectivity index (χ4n) is 3.11. The molecule has 2 aromatic rings. The molecule has 0 fully saturated rings. The van der Waals surface area contributed by atoms with E-state index in [9.17, 15) is 10.1 Å². The van der Waals surface area contributed by atoms with Crippen molar-refractivity contribution in [2.24, 2.45) is 5.92 Å². The fourth-order valence-corrected chi connectivity index (χ4v) is 4.55. The quantitative estimate of drug-likeness (QED) is 0.648. The van der Waals surface area contributed by atoms with Crippen LogP contribution in [0.1, 0.15) is 36.6 Å². The van der Waals surface area contributed by atoms with Gasteiger partial charge in [-0.2, -0.15) is 5.26 Å². The number of nitriles is 1. The molecular formula is C20H19Cl2N3OS. The van der Waals surface area contributed by atoms with Crippen molar-refractivity contribution in [1.29, 1.82) is 5.26 Å². The topological polar surface area (TPSA) is 65.8 Å². The zero-order valence-electron chi connectivity index (χ0n) is 14.9. The highest BCUT2D eigenvalue weighted by atomic mass is 35.5. The van der Waals surface area contributed by atoms with Crippen LogP contribution in [0.4, 0.5) is 5.69 Å². The second-order valence-electron chi connectivity index (χ2n) is 6.71. The average molecular weight is 420 g/mol. The van der Waals surface area contributed by atoms with Gasteiger partial charge in [-0.05, 0) is 55.0 Å². The Morgan fingerprint density at radius 2 is 2.07 bits per heavy atom. The minimum atomic E-state index is -0.133. The molecule has 1 unspecified atom stereocenters. The first-order valence-electron chi connectivity index (χ1n) is 8.76. The zero-order valence-corrected chi connectivity index (χ0v) is 17.2. The summed E-state index contributed by atoms with van der Waals surface area (Å²) >= 11 is 13.3. The summed E-state index contributed by atoms with van der Waals surface area (Å²) in [5.74, 6) is 1.04. The van der Waals surface area contributed by atoms with Gasteiger partial charge in [-0.15, -0.1) is 11.8 Å². The van der Waals surface area contributed by atoms with Crippen LogP contribution in [0.3, 0.4) is 0 Å². The van der Waals surface area contributed by atoms with Gasteiger partial charge in [-0.25, -0.2) is 4.98 Å². The fraction of sp³-hybridized carbons (Fsp3) is 0.350. The van der Waals surface area contributed by atoms with E-state index < -0.39 is 0 Å². The van der Waals surface area contributed by atoms with E-state index in [2.05, 4.69) is 18.3 Å². The standard InChI is InChI=1S/C20H19Cl2N3OS/c1-12-2-3-18-13(6-12)7-14(11-23)20(25-18)27-5-4-19(26)24-17-9-15(21)8-16(22)10-17/h7-10,12H,2-6H2,1H3,(H,24,26). The maximum Gasteiger partial charge on any atom is 0.225 e. The van der Waals surface area contributed by atoms with Crippen LogP contribution in [-0.4, -0.2) is 16.6 Å². The molecule has 0 bridgehead atoms. The van der Waals surface area contributed by atoms with Crippen LogP contribution in [0.2, 0.25) is 10.0 Å². The van der Waals surface area contributed by atoms with Gasteiger partial charge < -0.3 is 5.32 Å². The summed E-state index contributed by atoms with van der Waals surface area (Å²) in [4.78, 5) is 16.8. The minimum absolute atomic E-state index is 0.133. The SMILES string of the molecule is CC1CCc2nc(SCCC(=O)Nc3cc(Cl)cc(Cl)c3)c(C#N)cc2C1. The van der Waals surface area contributed by atoms with Crippen LogP contribution < -0.4 is 5.32 Å². The van der Waals surface area contributed by atoms with E-state index in [1.165, 1.54) is 17.3 Å². The molecule has 1 aliphatic carbocycles. The van der Waals surface area contributed by atoms with Crippen molar-refractivity contribution in [3.63, 3.8) is 0 Å². The van der Waals surface area contributed by atoms with Gasteiger partial charge in [0.15, 0.2) is 0 Å². The highest BCUT2D eigenvalue weighted by Gasteiger charge is 2.19. The Balaban J connectivity index is 1.60. The smallest absolute Gasteiger partial charge is 0.225 e. The van der Waals surface area contributed by atoms with Gasteiger partial charge >= 0.3 is 0 Å². The van der Waals surface area contributed by atoms with Crippen molar-refractivity contribution in [3.8, 4) is 6.07 Å². The third kappa shape index (κ3) is 5.38. The first-order valence-corrected chi connectivity index (χ1v) is 10.5. The predicted molar refractivity (Wildman–Crippen MR) is 111 cm³/mol. The first kappa shape index (κ1) is 20.0. The number of fused-ring (bicyclic) bond motifs is 1. The van der Waals surface area contributed by atoms with E-state index in [-0.39, 0.29) is 5.91 Å². The second-order valence-corrected chi connectivity index (χ2v) is 8.67. The number of nitrogens with one attached hydrogen (secondary N) is 1. The number of hydrogen-bond donors (Lipinski definition) is 1. The summed E-state index contributed by atoms with van der Waals surface area (Å²) in [6, 6.07) is 9.12. The molecule has 0 spiro atoms. The number of thioether (sulfide) groups is 1. The van der Waals surface area contributed by atoms with Gasteiger partial charge in [0.2, 0.25) is 5.91 Å². The number of carbonyl (C=O) groups is 1. The lowest BCUT2D eigenvalue weighted by Crippen LogP contribution is -2.14. The first-order chi connectivity index (χ1) is 12.9. The molecule has 3 rings (SSSR count). The lowest BCUT2D eigenvalue weighted by atomic mass is 9.87. The van der Waals surface area contributed by atoms with Crippen molar-refractivity contribution in [2.75, 3.05) is 11.1 Å². The number of amides is 1. The molecule has 0 radical (unpaired) electrons. The molecule has 1 atom stereocenters. The number of benzene rings is 1.